The van der Waals surface area contributed by atoms with Crippen LogP contribution in [0.3, 0.4) is 0 Å². The van der Waals surface area contributed by atoms with E-state index in [0.717, 1.165) is 11.8 Å². The van der Waals surface area contributed by atoms with Crippen molar-refractivity contribution in [1.29, 1.82) is 0 Å². The SMILES string of the molecule is CC(=O)N1CC(NC(=O)C2=C(C)OCCS2)CCC1C(F)(F)F. The summed E-state index contributed by atoms with van der Waals surface area (Å²) >= 11 is 1.36. The molecule has 2 amide bonds. The largest absolute Gasteiger partial charge is 0.496 e. The van der Waals surface area contributed by atoms with E-state index in [2.05, 4.69) is 5.32 Å². The Morgan fingerprint density at radius 2 is 2.04 bits per heavy atom. The quantitative estimate of drug-likeness (QED) is 0.826. The number of nitrogens with zero attached hydrogens (tertiary/aromatic N) is 1. The van der Waals surface area contributed by atoms with Crippen molar-refractivity contribution in [2.75, 3.05) is 18.9 Å². The van der Waals surface area contributed by atoms with E-state index < -0.39 is 24.2 Å². The van der Waals surface area contributed by atoms with Gasteiger partial charge in [-0.05, 0) is 19.8 Å². The monoisotopic (exact) mass is 352 g/mol. The second-order valence-electron chi connectivity index (χ2n) is 5.56. The molecule has 1 saturated heterocycles. The summed E-state index contributed by atoms with van der Waals surface area (Å²) < 4.78 is 44.2. The molecule has 0 saturated carbocycles. The van der Waals surface area contributed by atoms with Crippen LogP contribution in [0.1, 0.15) is 26.7 Å². The summed E-state index contributed by atoms with van der Waals surface area (Å²) in [4.78, 5) is 25.0. The van der Waals surface area contributed by atoms with Crippen molar-refractivity contribution < 1.29 is 27.5 Å². The van der Waals surface area contributed by atoms with Crippen LogP contribution < -0.4 is 5.32 Å². The molecule has 5 nitrogen and oxygen atoms in total. The number of rotatable bonds is 2. The minimum absolute atomic E-state index is 0.136. The van der Waals surface area contributed by atoms with Gasteiger partial charge in [0.2, 0.25) is 5.91 Å². The molecule has 2 unspecified atom stereocenters. The number of piperidine rings is 1. The van der Waals surface area contributed by atoms with Gasteiger partial charge < -0.3 is 15.0 Å². The highest BCUT2D eigenvalue weighted by atomic mass is 32.2. The second-order valence-corrected chi connectivity index (χ2v) is 6.66. The lowest BCUT2D eigenvalue weighted by Crippen LogP contribution is -2.57. The van der Waals surface area contributed by atoms with Gasteiger partial charge in [-0.15, -0.1) is 11.8 Å². The molecule has 2 atom stereocenters. The van der Waals surface area contributed by atoms with Gasteiger partial charge in [0.1, 0.15) is 16.7 Å². The first-order chi connectivity index (χ1) is 10.7. The highest BCUT2D eigenvalue weighted by Gasteiger charge is 2.47. The van der Waals surface area contributed by atoms with Gasteiger partial charge in [-0.3, -0.25) is 9.59 Å². The number of amides is 2. The zero-order valence-electron chi connectivity index (χ0n) is 12.9. The molecule has 0 aromatic rings. The smallest absolute Gasteiger partial charge is 0.408 e. The van der Waals surface area contributed by atoms with E-state index in [4.69, 9.17) is 4.74 Å². The Balaban J connectivity index is 2.03. The standard InChI is InChI=1S/C14H19F3N2O3S/c1-8-12(23-6-5-22-8)13(21)18-10-3-4-11(14(15,16)17)19(7-10)9(2)20/h10-11H,3-7H2,1-2H3,(H,18,21). The fourth-order valence-corrected chi connectivity index (χ4v) is 3.58. The van der Waals surface area contributed by atoms with Crippen LogP contribution in [0.25, 0.3) is 0 Å². The van der Waals surface area contributed by atoms with Crippen LogP contribution in [-0.2, 0) is 14.3 Å². The van der Waals surface area contributed by atoms with Gasteiger partial charge in [0.15, 0.2) is 0 Å². The van der Waals surface area contributed by atoms with E-state index in [1.165, 1.54) is 11.8 Å². The van der Waals surface area contributed by atoms with Crippen LogP contribution in [0.2, 0.25) is 0 Å². The Kier molecular flexibility index (Phi) is 5.49. The van der Waals surface area contributed by atoms with Crippen molar-refractivity contribution in [2.24, 2.45) is 0 Å². The lowest BCUT2D eigenvalue weighted by molar-refractivity contribution is -0.196. The maximum Gasteiger partial charge on any atom is 0.408 e. The average Bonchev–Trinajstić information content (AvgIpc) is 2.46. The summed E-state index contributed by atoms with van der Waals surface area (Å²) in [7, 11) is 0. The molecule has 0 spiro atoms. The summed E-state index contributed by atoms with van der Waals surface area (Å²) in [5.74, 6) is 0.176. The fourth-order valence-electron chi connectivity index (χ4n) is 2.76. The van der Waals surface area contributed by atoms with E-state index >= 15 is 0 Å². The van der Waals surface area contributed by atoms with Gasteiger partial charge in [0, 0.05) is 25.3 Å². The molecule has 1 N–H and O–H groups in total. The number of hydrogen-bond donors (Lipinski definition) is 1. The first-order valence-electron chi connectivity index (χ1n) is 7.31. The van der Waals surface area contributed by atoms with E-state index in [9.17, 15) is 22.8 Å². The van der Waals surface area contributed by atoms with Crippen molar-refractivity contribution in [2.45, 2.75) is 44.9 Å². The number of likely N-dealkylation sites (tertiary alicyclic amines) is 1. The molecular formula is C14H19F3N2O3S. The molecule has 9 heteroatoms. The summed E-state index contributed by atoms with van der Waals surface area (Å²) in [6.07, 6.45) is -4.49. The molecule has 130 valence electrons. The number of allylic oxidation sites excluding steroid dienone is 1. The normalized spacial score (nSPS) is 25.9. The topological polar surface area (TPSA) is 58.6 Å². The van der Waals surface area contributed by atoms with Crippen LogP contribution in [0.15, 0.2) is 10.7 Å². The summed E-state index contributed by atoms with van der Waals surface area (Å²) in [6.45, 7) is 3.19. The Hall–Kier alpha value is -1.38. The minimum atomic E-state index is -4.45. The first kappa shape index (κ1) is 18.0. The van der Waals surface area contributed by atoms with E-state index in [0.29, 0.717) is 23.0 Å². The number of carbonyl (C=O) groups excluding carboxylic acids is 2. The summed E-state index contributed by atoms with van der Waals surface area (Å²) in [5.41, 5.74) is 0. The molecule has 0 aromatic heterocycles. The molecule has 2 aliphatic rings. The maximum atomic E-state index is 13.0. The molecule has 0 aliphatic carbocycles. The second kappa shape index (κ2) is 7.02. The van der Waals surface area contributed by atoms with Gasteiger partial charge in [-0.1, -0.05) is 0 Å². The Morgan fingerprint density at radius 3 is 2.61 bits per heavy atom. The summed E-state index contributed by atoms with van der Waals surface area (Å²) in [6, 6.07) is -2.27. The zero-order chi connectivity index (χ0) is 17.2. The van der Waals surface area contributed by atoms with Crippen LogP contribution in [0, 0.1) is 0 Å². The molecule has 0 radical (unpaired) electrons. The summed E-state index contributed by atoms with van der Waals surface area (Å²) in [5, 5.41) is 2.72. The molecule has 1 fully saturated rings. The average molecular weight is 352 g/mol. The van der Waals surface area contributed by atoms with E-state index in [-0.39, 0.29) is 25.3 Å². The van der Waals surface area contributed by atoms with Crippen molar-refractivity contribution in [3.05, 3.63) is 10.7 Å². The number of halogens is 3. The molecule has 2 rings (SSSR count). The number of nitrogens with one attached hydrogen (secondary N) is 1. The first-order valence-corrected chi connectivity index (χ1v) is 8.30. The van der Waals surface area contributed by atoms with Gasteiger partial charge in [-0.2, -0.15) is 13.2 Å². The number of hydrogen-bond acceptors (Lipinski definition) is 4. The number of carbonyl (C=O) groups is 2. The lowest BCUT2D eigenvalue weighted by Gasteiger charge is -2.40. The van der Waals surface area contributed by atoms with Crippen LogP contribution in [0.4, 0.5) is 13.2 Å². The van der Waals surface area contributed by atoms with Crippen molar-refractivity contribution in [3.8, 4) is 0 Å². The van der Waals surface area contributed by atoms with E-state index in [1.54, 1.807) is 6.92 Å². The molecule has 23 heavy (non-hydrogen) atoms. The lowest BCUT2D eigenvalue weighted by atomic mass is 9.97. The fraction of sp³-hybridized carbons (Fsp3) is 0.714. The van der Waals surface area contributed by atoms with Crippen LogP contribution >= 0.6 is 11.8 Å². The van der Waals surface area contributed by atoms with Crippen LogP contribution in [0.5, 0.6) is 0 Å². The Morgan fingerprint density at radius 1 is 1.35 bits per heavy atom. The van der Waals surface area contributed by atoms with Gasteiger partial charge in [0.25, 0.3) is 5.91 Å². The molecular weight excluding hydrogens is 333 g/mol. The number of ether oxygens (including phenoxy) is 1. The van der Waals surface area contributed by atoms with Crippen molar-refractivity contribution >= 4 is 23.6 Å². The molecule has 2 heterocycles. The minimum Gasteiger partial charge on any atom is -0.496 e. The molecule has 0 bridgehead atoms. The third-order valence-corrected chi connectivity index (χ3v) is 5.01. The molecule has 2 aliphatic heterocycles. The van der Waals surface area contributed by atoms with Gasteiger partial charge in [-0.25, -0.2) is 0 Å². The van der Waals surface area contributed by atoms with Gasteiger partial charge >= 0.3 is 6.18 Å². The molecule has 0 aromatic carbocycles. The van der Waals surface area contributed by atoms with Crippen LogP contribution in [-0.4, -0.2) is 53.9 Å². The van der Waals surface area contributed by atoms with Gasteiger partial charge in [0.05, 0.1) is 6.61 Å². The number of thioether (sulfide) groups is 1. The number of alkyl halides is 3. The predicted molar refractivity (Wildman–Crippen MR) is 79.5 cm³/mol. The predicted octanol–water partition coefficient (Wildman–Crippen LogP) is 2.04. The third kappa shape index (κ3) is 4.33. The third-order valence-electron chi connectivity index (χ3n) is 3.87. The zero-order valence-corrected chi connectivity index (χ0v) is 13.7. The van der Waals surface area contributed by atoms with Crippen molar-refractivity contribution in [1.82, 2.24) is 10.2 Å². The highest BCUT2D eigenvalue weighted by molar-refractivity contribution is 8.04. The Bertz CT molecular complexity index is 522. The Labute approximate surface area is 136 Å². The van der Waals surface area contributed by atoms with E-state index in [1.807, 2.05) is 0 Å². The van der Waals surface area contributed by atoms with Crippen molar-refractivity contribution in [3.63, 3.8) is 0 Å². The maximum absolute atomic E-state index is 13.0. The highest BCUT2D eigenvalue weighted by Crippen LogP contribution is 2.32.